The molecule has 0 saturated carbocycles. The van der Waals surface area contributed by atoms with Crippen molar-refractivity contribution in [1.29, 1.82) is 5.26 Å². The van der Waals surface area contributed by atoms with Crippen LogP contribution in [0.2, 0.25) is 0 Å². The van der Waals surface area contributed by atoms with Crippen LogP contribution in [0.5, 0.6) is 0 Å². The van der Waals surface area contributed by atoms with E-state index < -0.39 is 0 Å². The molecule has 1 unspecified atom stereocenters. The van der Waals surface area contributed by atoms with Gasteiger partial charge < -0.3 is 19.5 Å². The molecule has 3 rings (SSSR count). The number of rotatable bonds is 7. The third-order valence-corrected chi connectivity index (χ3v) is 6.08. The molecule has 1 saturated heterocycles. The summed E-state index contributed by atoms with van der Waals surface area (Å²) in [7, 11) is 1.67. The zero-order chi connectivity index (χ0) is 24.0. The number of ether oxygens (including phenoxy) is 1. The van der Waals surface area contributed by atoms with Crippen LogP contribution in [0.25, 0.3) is 6.08 Å². The predicted molar refractivity (Wildman–Crippen MR) is 125 cm³/mol. The smallest absolute Gasteiger partial charge is 0.262 e. The Morgan fingerprint density at radius 1 is 1.30 bits per heavy atom. The van der Waals surface area contributed by atoms with E-state index in [9.17, 15) is 14.9 Å². The van der Waals surface area contributed by atoms with Crippen molar-refractivity contribution < 1.29 is 14.3 Å². The molecule has 1 N–H and O–H groups in total. The average molecular weight is 450 g/mol. The van der Waals surface area contributed by atoms with Crippen molar-refractivity contribution in [2.45, 2.75) is 45.7 Å². The molecule has 3 heterocycles. The Hall–Kier alpha value is -3.44. The first-order valence-corrected chi connectivity index (χ1v) is 11.1. The number of hydrogen-bond acceptors (Lipinski definition) is 5. The Labute approximate surface area is 194 Å². The zero-order valence-corrected chi connectivity index (χ0v) is 19.7. The van der Waals surface area contributed by atoms with Crippen LogP contribution in [-0.2, 0) is 9.53 Å². The highest BCUT2D eigenvalue weighted by Gasteiger charge is 2.25. The molecule has 1 aliphatic heterocycles. The molecule has 0 aromatic carbocycles. The summed E-state index contributed by atoms with van der Waals surface area (Å²) in [5.74, 6) is -0.413. The van der Waals surface area contributed by atoms with Crippen LogP contribution in [0.4, 0.5) is 0 Å². The summed E-state index contributed by atoms with van der Waals surface area (Å²) in [6.45, 7) is 7.73. The molecular weight excluding hydrogens is 418 g/mol. The third kappa shape index (κ3) is 5.68. The molecule has 2 aromatic heterocycles. The number of amides is 2. The lowest BCUT2D eigenvalue weighted by molar-refractivity contribution is -0.117. The van der Waals surface area contributed by atoms with E-state index in [1.165, 1.54) is 0 Å². The fourth-order valence-corrected chi connectivity index (χ4v) is 4.41. The largest absolute Gasteiger partial charge is 0.383 e. The van der Waals surface area contributed by atoms with Gasteiger partial charge in [-0.25, -0.2) is 0 Å². The third-order valence-electron chi connectivity index (χ3n) is 6.08. The van der Waals surface area contributed by atoms with Crippen LogP contribution < -0.4 is 5.32 Å². The Balaban J connectivity index is 1.63. The van der Waals surface area contributed by atoms with Crippen molar-refractivity contribution >= 4 is 17.9 Å². The molecule has 2 aromatic rings. The van der Waals surface area contributed by atoms with Crippen molar-refractivity contribution in [3.8, 4) is 6.07 Å². The van der Waals surface area contributed by atoms with Gasteiger partial charge in [-0.2, -0.15) is 5.26 Å². The second kappa shape index (κ2) is 10.9. The van der Waals surface area contributed by atoms with Crippen molar-refractivity contribution in [3.05, 3.63) is 58.7 Å². The van der Waals surface area contributed by atoms with E-state index in [4.69, 9.17) is 4.74 Å². The standard InChI is InChI=1S/C25H31N5O3/c1-17-13-21(19(3)30(17)18(2)16-33-4)14-22(15-26)24(31)28-23-7-11-29(12-8-23)25(32)20-5-9-27-10-6-20/h5-6,9-10,13-14,18,23H,7-8,11-12,16H2,1-4H3,(H,28,31)/b22-14+. The molecule has 1 aliphatic rings. The van der Waals surface area contributed by atoms with Gasteiger partial charge in [-0.1, -0.05) is 0 Å². The van der Waals surface area contributed by atoms with Crippen LogP contribution in [0, 0.1) is 25.2 Å². The maximum atomic E-state index is 12.8. The summed E-state index contributed by atoms with van der Waals surface area (Å²) in [5.41, 5.74) is 3.57. The lowest BCUT2D eigenvalue weighted by Crippen LogP contribution is -2.46. The number of carbonyl (C=O) groups is 2. The topological polar surface area (TPSA) is 100 Å². The molecule has 8 nitrogen and oxygen atoms in total. The van der Waals surface area contributed by atoms with Gasteiger partial charge in [0.1, 0.15) is 11.6 Å². The van der Waals surface area contributed by atoms with Crippen molar-refractivity contribution in [2.24, 2.45) is 0 Å². The lowest BCUT2D eigenvalue weighted by Gasteiger charge is -2.32. The average Bonchev–Trinajstić information content (AvgIpc) is 3.10. The molecule has 0 bridgehead atoms. The van der Waals surface area contributed by atoms with Gasteiger partial charge in [-0.15, -0.1) is 0 Å². The predicted octanol–water partition coefficient (Wildman–Crippen LogP) is 3.04. The summed E-state index contributed by atoms with van der Waals surface area (Å²) >= 11 is 0. The Morgan fingerprint density at radius 3 is 2.58 bits per heavy atom. The maximum absolute atomic E-state index is 12.8. The molecular formula is C25H31N5O3. The van der Waals surface area contributed by atoms with Gasteiger partial charge in [0, 0.05) is 55.6 Å². The first-order valence-electron chi connectivity index (χ1n) is 11.1. The molecule has 8 heteroatoms. The van der Waals surface area contributed by atoms with E-state index in [-0.39, 0.29) is 29.5 Å². The Kier molecular flexibility index (Phi) is 8.01. The molecule has 0 radical (unpaired) electrons. The highest BCUT2D eigenvalue weighted by atomic mass is 16.5. The second-order valence-corrected chi connectivity index (χ2v) is 8.45. The van der Waals surface area contributed by atoms with Gasteiger partial charge in [0.15, 0.2) is 0 Å². The monoisotopic (exact) mass is 449 g/mol. The van der Waals surface area contributed by atoms with E-state index >= 15 is 0 Å². The Bertz CT molecular complexity index is 1060. The van der Waals surface area contributed by atoms with E-state index in [1.807, 2.05) is 26.0 Å². The molecule has 1 atom stereocenters. The minimum atomic E-state index is -0.383. The van der Waals surface area contributed by atoms with Gasteiger partial charge in [0.2, 0.25) is 0 Å². The van der Waals surface area contributed by atoms with Crippen LogP contribution in [0.15, 0.2) is 36.2 Å². The fourth-order valence-electron chi connectivity index (χ4n) is 4.41. The van der Waals surface area contributed by atoms with E-state index in [0.717, 1.165) is 17.0 Å². The number of pyridine rings is 1. The van der Waals surface area contributed by atoms with Gasteiger partial charge in [-0.3, -0.25) is 14.6 Å². The number of methoxy groups -OCH3 is 1. The van der Waals surface area contributed by atoms with Gasteiger partial charge in [-0.05, 0) is 63.5 Å². The highest BCUT2D eigenvalue weighted by Crippen LogP contribution is 2.23. The highest BCUT2D eigenvalue weighted by molar-refractivity contribution is 6.02. The number of aromatic nitrogens is 2. The number of carbonyl (C=O) groups excluding carboxylic acids is 2. The number of piperidine rings is 1. The van der Waals surface area contributed by atoms with Crippen LogP contribution in [-0.4, -0.2) is 59.1 Å². The van der Waals surface area contributed by atoms with Crippen LogP contribution >= 0.6 is 0 Å². The van der Waals surface area contributed by atoms with E-state index in [0.29, 0.717) is 38.1 Å². The maximum Gasteiger partial charge on any atom is 0.262 e. The molecule has 174 valence electrons. The number of nitrogens with zero attached hydrogens (tertiary/aromatic N) is 4. The van der Waals surface area contributed by atoms with Gasteiger partial charge >= 0.3 is 0 Å². The van der Waals surface area contributed by atoms with E-state index in [1.54, 1.807) is 42.6 Å². The van der Waals surface area contributed by atoms with Gasteiger partial charge in [0.25, 0.3) is 11.8 Å². The first-order chi connectivity index (χ1) is 15.8. The minimum absolute atomic E-state index is 0.0298. The quantitative estimate of drug-likeness (QED) is 0.517. The number of nitriles is 1. The molecule has 0 spiro atoms. The Morgan fingerprint density at radius 2 is 1.97 bits per heavy atom. The lowest BCUT2D eigenvalue weighted by atomic mass is 10.0. The van der Waals surface area contributed by atoms with Crippen LogP contribution in [0.1, 0.15) is 53.1 Å². The number of nitrogens with one attached hydrogen (secondary N) is 1. The molecule has 0 aliphatic carbocycles. The molecule has 2 amide bonds. The van der Waals surface area contributed by atoms with E-state index in [2.05, 4.69) is 21.8 Å². The zero-order valence-electron chi connectivity index (χ0n) is 19.7. The summed E-state index contributed by atoms with van der Waals surface area (Å²) < 4.78 is 7.42. The van der Waals surface area contributed by atoms with Crippen molar-refractivity contribution in [3.63, 3.8) is 0 Å². The van der Waals surface area contributed by atoms with Crippen molar-refractivity contribution in [1.82, 2.24) is 19.8 Å². The van der Waals surface area contributed by atoms with Gasteiger partial charge in [0.05, 0.1) is 12.6 Å². The summed E-state index contributed by atoms with van der Waals surface area (Å²) in [6, 6.07) is 7.50. The minimum Gasteiger partial charge on any atom is -0.383 e. The normalized spacial score (nSPS) is 15.7. The number of likely N-dealkylation sites (tertiary alicyclic amines) is 1. The summed E-state index contributed by atoms with van der Waals surface area (Å²) in [4.78, 5) is 31.1. The summed E-state index contributed by atoms with van der Waals surface area (Å²) in [5, 5.41) is 12.6. The molecule has 1 fully saturated rings. The SMILES string of the molecule is COCC(C)n1c(C)cc(/C=C(\C#N)C(=O)NC2CCN(C(=O)c3ccncc3)CC2)c1C. The summed E-state index contributed by atoms with van der Waals surface area (Å²) in [6.07, 6.45) is 6.14. The first kappa shape index (κ1) is 24.2. The van der Waals surface area contributed by atoms with Crippen molar-refractivity contribution in [2.75, 3.05) is 26.8 Å². The number of aryl methyl sites for hydroxylation is 1. The molecule has 33 heavy (non-hydrogen) atoms. The second-order valence-electron chi connectivity index (χ2n) is 8.45. The fraction of sp³-hybridized carbons (Fsp3) is 0.440. The van der Waals surface area contributed by atoms with Crippen LogP contribution in [0.3, 0.4) is 0 Å². The number of hydrogen-bond donors (Lipinski definition) is 1.